The summed E-state index contributed by atoms with van der Waals surface area (Å²) in [6.07, 6.45) is 5.83. The van der Waals surface area contributed by atoms with Gasteiger partial charge in [0.15, 0.2) is 0 Å². The van der Waals surface area contributed by atoms with Gasteiger partial charge in [0.1, 0.15) is 0 Å². The van der Waals surface area contributed by atoms with E-state index in [1.165, 1.54) is 0 Å². The normalized spacial score (nSPS) is 17.3. The number of carbonyl (C=O) groups is 1. The highest BCUT2D eigenvalue weighted by Crippen LogP contribution is 2.25. The largest absolute Gasteiger partial charge is 0.481 e. The topological polar surface area (TPSA) is 62.2 Å². The summed E-state index contributed by atoms with van der Waals surface area (Å²) in [5, 5.41) is 12.1. The van der Waals surface area contributed by atoms with Crippen LogP contribution in [0, 0.1) is 0 Å². The van der Waals surface area contributed by atoms with Gasteiger partial charge in [0.05, 0.1) is 6.42 Å². The lowest BCUT2D eigenvalue weighted by atomic mass is 10.1. The second kappa shape index (κ2) is 4.40. The summed E-state index contributed by atoms with van der Waals surface area (Å²) >= 11 is 0. The summed E-state index contributed by atoms with van der Waals surface area (Å²) in [5.41, 5.74) is 0.951. The molecule has 2 rings (SSSR count). The number of aliphatic carboxylic acids is 1. The molecular weight excluding hydrogens is 192 g/mol. The third-order valence-corrected chi connectivity index (χ3v) is 2.48. The number of pyridine rings is 1. The van der Waals surface area contributed by atoms with E-state index in [0.717, 1.165) is 18.4 Å². The summed E-state index contributed by atoms with van der Waals surface area (Å²) in [6, 6.07) is 4.13. The molecule has 1 fully saturated rings. The van der Waals surface area contributed by atoms with Gasteiger partial charge in [0.25, 0.3) is 0 Å². The van der Waals surface area contributed by atoms with Gasteiger partial charge in [0, 0.05) is 24.5 Å². The van der Waals surface area contributed by atoms with Crippen molar-refractivity contribution in [1.82, 2.24) is 10.3 Å². The molecule has 1 aromatic heterocycles. The molecule has 1 aliphatic carbocycles. The first-order chi connectivity index (χ1) is 7.25. The molecule has 4 heteroatoms. The Morgan fingerprint density at radius 2 is 2.47 bits per heavy atom. The minimum atomic E-state index is -0.781. The van der Waals surface area contributed by atoms with E-state index in [2.05, 4.69) is 10.3 Å². The number of aromatic nitrogens is 1. The second-order valence-corrected chi connectivity index (χ2v) is 3.88. The van der Waals surface area contributed by atoms with Crippen LogP contribution in [0.3, 0.4) is 0 Å². The van der Waals surface area contributed by atoms with Crippen molar-refractivity contribution in [2.45, 2.75) is 31.3 Å². The Hall–Kier alpha value is -1.42. The zero-order chi connectivity index (χ0) is 10.7. The molecule has 0 radical (unpaired) electrons. The van der Waals surface area contributed by atoms with Gasteiger partial charge in [0.2, 0.25) is 0 Å². The Labute approximate surface area is 88.3 Å². The van der Waals surface area contributed by atoms with Crippen LogP contribution in [0.1, 0.15) is 30.9 Å². The minimum Gasteiger partial charge on any atom is -0.481 e. The van der Waals surface area contributed by atoms with E-state index in [4.69, 9.17) is 5.11 Å². The molecule has 0 saturated heterocycles. The average Bonchev–Trinajstić information content (AvgIpc) is 3.01. The summed E-state index contributed by atoms with van der Waals surface area (Å²) in [4.78, 5) is 14.7. The van der Waals surface area contributed by atoms with Crippen molar-refractivity contribution >= 4 is 5.97 Å². The number of carboxylic acids is 1. The lowest BCUT2D eigenvalue weighted by Crippen LogP contribution is -2.25. The number of nitrogens with one attached hydrogen (secondary N) is 1. The van der Waals surface area contributed by atoms with Crippen molar-refractivity contribution in [2.24, 2.45) is 0 Å². The van der Waals surface area contributed by atoms with Crippen molar-refractivity contribution in [3.8, 4) is 0 Å². The van der Waals surface area contributed by atoms with Crippen molar-refractivity contribution in [1.29, 1.82) is 0 Å². The first-order valence-corrected chi connectivity index (χ1v) is 5.13. The molecule has 1 aliphatic rings. The highest BCUT2D eigenvalue weighted by molar-refractivity contribution is 5.67. The van der Waals surface area contributed by atoms with E-state index in [-0.39, 0.29) is 12.5 Å². The van der Waals surface area contributed by atoms with Crippen LogP contribution in [0.4, 0.5) is 0 Å². The number of carboxylic acid groups (broad SMARTS) is 1. The van der Waals surface area contributed by atoms with Gasteiger partial charge in [-0.2, -0.15) is 0 Å². The predicted octanol–water partition coefficient (Wildman–Crippen LogP) is 1.35. The number of rotatable bonds is 5. The molecule has 0 aromatic carbocycles. The molecule has 15 heavy (non-hydrogen) atoms. The second-order valence-electron chi connectivity index (χ2n) is 3.88. The molecule has 0 aliphatic heterocycles. The quantitative estimate of drug-likeness (QED) is 0.763. The molecule has 1 aromatic rings. The predicted molar refractivity (Wildman–Crippen MR) is 55.4 cm³/mol. The van der Waals surface area contributed by atoms with E-state index in [1.807, 2.05) is 12.1 Å². The SMILES string of the molecule is O=C(O)CC(NC1CC1)c1cccnc1. The molecule has 1 unspecified atom stereocenters. The Kier molecular flexibility index (Phi) is 2.97. The van der Waals surface area contributed by atoms with Crippen LogP contribution in [-0.2, 0) is 4.79 Å². The zero-order valence-corrected chi connectivity index (χ0v) is 8.39. The molecule has 1 heterocycles. The maximum absolute atomic E-state index is 10.7. The van der Waals surface area contributed by atoms with E-state index in [0.29, 0.717) is 6.04 Å². The van der Waals surface area contributed by atoms with Gasteiger partial charge in [-0.1, -0.05) is 6.07 Å². The fourth-order valence-electron chi connectivity index (χ4n) is 1.56. The Bertz CT molecular complexity index is 336. The molecular formula is C11H14N2O2. The zero-order valence-electron chi connectivity index (χ0n) is 8.39. The standard InChI is InChI=1S/C11H14N2O2/c14-11(15)6-10(13-9-3-4-9)8-2-1-5-12-7-8/h1-2,5,7,9-10,13H,3-4,6H2,(H,14,15). The van der Waals surface area contributed by atoms with Crippen LogP contribution in [0.25, 0.3) is 0 Å². The lowest BCUT2D eigenvalue weighted by molar-refractivity contribution is -0.137. The number of nitrogens with zero attached hydrogens (tertiary/aromatic N) is 1. The smallest absolute Gasteiger partial charge is 0.305 e. The first-order valence-electron chi connectivity index (χ1n) is 5.13. The van der Waals surface area contributed by atoms with Crippen molar-refractivity contribution in [2.75, 3.05) is 0 Å². The third-order valence-electron chi connectivity index (χ3n) is 2.48. The van der Waals surface area contributed by atoms with Crippen LogP contribution in [0.5, 0.6) is 0 Å². The van der Waals surface area contributed by atoms with Gasteiger partial charge in [-0.25, -0.2) is 0 Å². The highest BCUT2D eigenvalue weighted by atomic mass is 16.4. The maximum Gasteiger partial charge on any atom is 0.305 e. The van der Waals surface area contributed by atoms with E-state index in [1.54, 1.807) is 12.4 Å². The van der Waals surface area contributed by atoms with Crippen molar-refractivity contribution in [3.05, 3.63) is 30.1 Å². The lowest BCUT2D eigenvalue weighted by Gasteiger charge is -2.16. The van der Waals surface area contributed by atoms with Crippen molar-refractivity contribution < 1.29 is 9.90 Å². The molecule has 1 atom stereocenters. The van der Waals surface area contributed by atoms with Crippen LogP contribution < -0.4 is 5.32 Å². The minimum absolute atomic E-state index is 0.108. The molecule has 0 spiro atoms. The van der Waals surface area contributed by atoms with Gasteiger partial charge < -0.3 is 10.4 Å². The molecule has 1 saturated carbocycles. The van der Waals surface area contributed by atoms with E-state index >= 15 is 0 Å². The van der Waals surface area contributed by atoms with E-state index in [9.17, 15) is 4.79 Å². The molecule has 2 N–H and O–H groups in total. The molecule has 0 bridgehead atoms. The van der Waals surface area contributed by atoms with Gasteiger partial charge >= 0.3 is 5.97 Å². The summed E-state index contributed by atoms with van der Waals surface area (Å²) in [5.74, 6) is -0.781. The highest BCUT2D eigenvalue weighted by Gasteiger charge is 2.26. The Balaban J connectivity index is 2.06. The molecule has 4 nitrogen and oxygen atoms in total. The van der Waals surface area contributed by atoms with Crippen LogP contribution >= 0.6 is 0 Å². The molecule has 80 valence electrons. The van der Waals surface area contributed by atoms with Gasteiger partial charge in [-0.15, -0.1) is 0 Å². The first kappa shape index (κ1) is 10.1. The van der Waals surface area contributed by atoms with E-state index < -0.39 is 5.97 Å². The van der Waals surface area contributed by atoms with Crippen LogP contribution in [0.2, 0.25) is 0 Å². The monoisotopic (exact) mass is 206 g/mol. The van der Waals surface area contributed by atoms with Crippen LogP contribution in [0.15, 0.2) is 24.5 Å². The number of hydrogen-bond acceptors (Lipinski definition) is 3. The summed E-state index contributed by atoms with van der Waals surface area (Å²) in [6.45, 7) is 0. The third kappa shape index (κ3) is 3.02. The van der Waals surface area contributed by atoms with Crippen molar-refractivity contribution in [3.63, 3.8) is 0 Å². The number of hydrogen-bond donors (Lipinski definition) is 2. The maximum atomic E-state index is 10.7. The summed E-state index contributed by atoms with van der Waals surface area (Å²) in [7, 11) is 0. The fraction of sp³-hybridized carbons (Fsp3) is 0.455. The Morgan fingerprint density at radius 1 is 1.67 bits per heavy atom. The Morgan fingerprint density at radius 3 is 3.00 bits per heavy atom. The molecule has 0 amide bonds. The van der Waals surface area contributed by atoms with Gasteiger partial charge in [-0.3, -0.25) is 9.78 Å². The van der Waals surface area contributed by atoms with Gasteiger partial charge in [-0.05, 0) is 24.5 Å². The summed E-state index contributed by atoms with van der Waals surface area (Å²) < 4.78 is 0. The van der Waals surface area contributed by atoms with Crippen LogP contribution in [-0.4, -0.2) is 22.1 Å². The fourth-order valence-corrected chi connectivity index (χ4v) is 1.56. The average molecular weight is 206 g/mol.